The number of hydrogen-bond acceptors (Lipinski definition) is 6. The van der Waals surface area contributed by atoms with E-state index in [0.29, 0.717) is 0 Å². The van der Waals surface area contributed by atoms with Gasteiger partial charge in [-0.3, -0.25) is 0 Å². The van der Waals surface area contributed by atoms with Crippen molar-refractivity contribution in [3.63, 3.8) is 0 Å². The van der Waals surface area contributed by atoms with Crippen LogP contribution in [0.15, 0.2) is 0 Å². The highest BCUT2D eigenvalue weighted by molar-refractivity contribution is 7.58. The summed E-state index contributed by atoms with van der Waals surface area (Å²) >= 11 is 0. The fourth-order valence-corrected chi connectivity index (χ4v) is 28.1. The average molecular weight is 310 g/mol. The predicted molar refractivity (Wildman–Crippen MR) is 56.6 cm³/mol. The average Bonchev–Trinajstić information content (AvgIpc) is 2.11. The summed E-state index contributed by atoms with van der Waals surface area (Å²) < 4.78 is 60.1. The normalized spacial score (nSPS) is 10.3. The maximum atomic E-state index is 11.4. The maximum absolute atomic E-state index is 11.4. The SMILES string of the molecule is C[Si](C)(C)O[Si](=O)[Si](=O)[Si](=O)[Si](=O)[Si]=O. The third kappa shape index (κ3) is 5.66. The number of rotatable bonds is 6. The molecule has 0 heterocycles. The monoisotopic (exact) mass is 309 g/mol. The summed E-state index contributed by atoms with van der Waals surface area (Å²) in [6.07, 6.45) is 0. The van der Waals surface area contributed by atoms with Crippen LogP contribution in [0.1, 0.15) is 0 Å². The third-order valence-corrected chi connectivity index (χ3v) is 26.2. The van der Waals surface area contributed by atoms with Gasteiger partial charge in [-0.25, -0.2) is 0 Å². The maximum Gasteiger partial charge on any atom is 0.532 e. The topological polar surface area (TPSA) is 94.6 Å². The molecule has 0 aliphatic heterocycles. The molecule has 0 bridgehead atoms. The van der Waals surface area contributed by atoms with Crippen molar-refractivity contribution in [2.75, 3.05) is 0 Å². The molecule has 0 rings (SSSR count). The van der Waals surface area contributed by atoms with E-state index in [-0.39, 0.29) is 0 Å². The Morgan fingerprint density at radius 1 is 1.00 bits per heavy atom. The second-order valence-corrected chi connectivity index (χ2v) is 25.9. The zero-order valence-electron chi connectivity index (χ0n) is 8.45. The molecule has 0 unspecified atom stereocenters. The first kappa shape index (κ1) is 15.1. The van der Waals surface area contributed by atoms with Crippen molar-refractivity contribution >= 4 is 48.8 Å². The van der Waals surface area contributed by atoms with E-state index in [4.69, 9.17) is 4.12 Å². The van der Waals surface area contributed by atoms with Crippen LogP contribution in [0.4, 0.5) is 0 Å². The fourth-order valence-electron chi connectivity index (χ4n) is 0.567. The van der Waals surface area contributed by atoms with Crippen LogP contribution >= 0.6 is 0 Å². The summed E-state index contributed by atoms with van der Waals surface area (Å²) in [6, 6.07) is 0. The first-order valence-electron chi connectivity index (χ1n) is 3.93. The highest BCUT2D eigenvalue weighted by atomic mass is 29.9. The first-order valence-corrected chi connectivity index (χ1v) is 17.8. The Morgan fingerprint density at radius 3 is 1.80 bits per heavy atom. The fraction of sp³-hybridized carbons (Fsp3) is 1.00. The molecule has 0 N–H and O–H groups in total. The standard InChI is InChI=1S/C3H9O6Si6/c1-15(2,3)9-11(5)13(7)14(8)12(6)10-4/h1-3H3. The molecule has 0 saturated heterocycles. The van der Waals surface area contributed by atoms with Gasteiger partial charge in [-0.2, -0.15) is 0 Å². The molecule has 12 heteroatoms. The Kier molecular flexibility index (Phi) is 6.03. The second kappa shape index (κ2) is 5.99. The smallest absolute Gasteiger partial charge is 0.532 e. The Morgan fingerprint density at radius 2 is 1.47 bits per heavy atom. The van der Waals surface area contributed by atoms with E-state index in [0.717, 1.165) is 0 Å². The molecule has 0 atom stereocenters. The summed E-state index contributed by atoms with van der Waals surface area (Å²) in [4.78, 5) is 0. The molecule has 0 fully saturated rings. The minimum Gasteiger partial charge on any atom is -0.578 e. The lowest BCUT2D eigenvalue weighted by atomic mass is 11.8. The van der Waals surface area contributed by atoms with Crippen molar-refractivity contribution in [2.24, 2.45) is 0 Å². The molecular weight excluding hydrogens is 301 g/mol. The van der Waals surface area contributed by atoms with Crippen molar-refractivity contribution in [1.82, 2.24) is 0 Å². The molecule has 0 spiro atoms. The predicted octanol–water partition coefficient (Wildman–Crippen LogP) is -1.20. The minimum absolute atomic E-state index is 1.23. The van der Waals surface area contributed by atoms with Gasteiger partial charge in [0.2, 0.25) is 8.32 Å². The van der Waals surface area contributed by atoms with Gasteiger partial charge in [0.25, 0.3) is 0 Å². The van der Waals surface area contributed by atoms with Gasteiger partial charge in [0.05, 0.1) is 0 Å². The summed E-state index contributed by atoms with van der Waals surface area (Å²) in [6.45, 7) is 5.25. The van der Waals surface area contributed by atoms with Crippen LogP contribution in [0.3, 0.4) is 0 Å². The summed E-state index contributed by atoms with van der Waals surface area (Å²) in [5, 5.41) is 0. The van der Waals surface area contributed by atoms with Gasteiger partial charge in [-0.15, -0.1) is 0 Å². The van der Waals surface area contributed by atoms with Crippen LogP contribution in [0.2, 0.25) is 19.6 Å². The van der Waals surface area contributed by atoms with E-state index in [9.17, 15) is 22.3 Å². The molecular formula is C3H9O6Si6. The molecule has 0 aromatic heterocycles. The summed E-state index contributed by atoms with van der Waals surface area (Å²) in [5.41, 5.74) is 0. The van der Waals surface area contributed by atoms with Gasteiger partial charge in [0.15, 0.2) is 0 Å². The highest BCUT2D eigenvalue weighted by Crippen LogP contribution is 2.01. The van der Waals surface area contributed by atoms with E-state index in [2.05, 4.69) is 0 Å². The van der Waals surface area contributed by atoms with Gasteiger partial charge >= 0.3 is 40.5 Å². The molecule has 6 nitrogen and oxygen atoms in total. The Bertz CT molecular complexity index is 341. The van der Waals surface area contributed by atoms with Crippen molar-refractivity contribution in [3.8, 4) is 0 Å². The van der Waals surface area contributed by atoms with Crippen molar-refractivity contribution < 1.29 is 26.4 Å². The van der Waals surface area contributed by atoms with Crippen molar-refractivity contribution in [2.45, 2.75) is 19.6 Å². The quantitative estimate of drug-likeness (QED) is 0.572. The van der Waals surface area contributed by atoms with E-state index in [1.807, 2.05) is 0 Å². The Hall–Kier alpha value is 0.101. The van der Waals surface area contributed by atoms with E-state index in [1.165, 1.54) is 0 Å². The van der Waals surface area contributed by atoms with E-state index >= 15 is 0 Å². The van der Waals surface area contributed by atoms with Gasteiger partial charge in [0, 0.05) is 0 Å². The summed E-state index contributed by atoms with van der Waals surface area (Å²) in [7, 11) is -15.1. The molecule has 0 aromatic carbocycles. The van der Waals surface area contributed by atoms with Crippen LogP contribution in [-0.4, -0.2) is 48.8 Å². The highest BCUT2D eigenvalue weighted by Gasteiger charge is 2.41. The summed E-state index contributed by atoms with van der Waals surface area (Å²) in [5.74, 6) is 0. The second-order valence-electron chi connectivity index (χ2n) is 3.59. The van der Waals surface area contributed by atoms with Gasteiger partial charge in [-0.05, 0) is 19.6 Å². The zero-order valence-corrected chi connectivity index (χ0v) is 14.4. The van der Waals surface area contributed by atoms with Gasteiger partial charge < -0.3 is 26.4 Å². The van der Waals surface area contributed by atoms with E-state index < -0.39 is 48.8 Å². The molecule has 15 heavy (non-hydrogen) atoms. The van der Waals surface area contributed by atoms with E-state index in [1.54, 1.807) is 19.6 Å². The first-order chi connectivity index (χ1) is 6.69. The third-order valence-electron chi connectivity index (χ3n) is 1.09. The molecule has 0 amide bonds. The molecule has 0 aliphatic rings. The zero-order chi connectivity index (χ0) is 12.2. The van der Waals surface area contributed by atoms with Crippen LogP contribution in [0, 0.1) is 0 Å². The van der Waals surface area contributed by atoms with Crippen molar-refractivity contribution in [3.05, 3.63) is 0 Å². The van der Waals surface area contributed by atoms with Gasteiger partial charge in [0.1, 0.15) is 0 Å². The van der Waals surface area contributed by atoms with Crippen molar-refractivity contribution in [1.29, 1.82) is 0 Å². The lowest BCUT2D eigenvalue weighted by Gasteiger charge is -2.16. The molecule has 81 valence electrons. The largest absolute Gasteiger partial charge is 0.578 e. The Labute approximate surface area is 95.0 Å². The molecule has 1 radical (unpaired) electrons. The number of hydrogen-bond donors (Lipinski definition) is 0. The molecule has 0 aromatic rings. The minimum atomic E-state index is -2.99. The van der Waals surface area contributed by atoms with Crippen LogP contribution < -0.4 is 0 Å². The van der Waals surface area contributed by atoms with Crippen LogP contribution in [0.25, 0.3) is 0 Å². The Balaban J connectivity index is 4.61. The molecule has 0 saturated carbocycles. The lowest BCUT2D eigenvalue weighted by Crippen LogP contribution is -2.44. The molecule has 0 aliphatic carbocycles. The lowest BCUT2D eigenvalue weighted by molar-refractivity contribution is 0.462. The van der Waals surface area contributed by atoms with Crippen LogP contribution in [-0.2, 0) is 26.4 Å². The van der Waals surface area contributed by atoms with Gasteiger partial charge in [-0.1, -0.05) is 0 Å². The van der Waals surface area contributed by atoms with Crippen LogP contribution in [0.5, 0.6) is 0 Å².